The van der Waals surface area contributed by atoms with Gasteiger partial charge in [0.1, 0.15) is 23.4 Å². The molecule has 2 amide bonds. The van der Waals surface area contributed by atoms with Gasteiger partial charge in [0, 0.05) is 0 Å². The van der Waals surface area contributed by atoms with E-state index in [2.05, 4.69) is 5.32 Å². The summed E-state index contributed by atoms with van der Waals surface area (Å²) < 4.78 is 36.8. The zero-order chi connectivity index (χ0) is 19.3. The van der Waals surface area contributed by atoms with Gasteiger partial charge in [-0.15, -0.1) is 0 Å². The summed E-state index contributed by atoms with van der Waals surface area (Å²) in [5.74, 6) is -4.38. The van der Waals surface area contributed by atoms with Gasteiger partial charge in [0.05, 0.1) is 6.26 Å². The molecular formula is C17H16F2N2O5. The number of amides is 2. The van der Waals surface area contributed by atoms with Crippen LogP contribution in [0.2, 0.25) is 0 Å². The van der Waals surface area contributed by atoms with Gasteiger partial charge in [-0.2, -0.15) is 0 Å². The summed E-state index contributed by atoms with van der Waals surface area (Å²) in [6.07, 6.45) is -0.0453. The number of nitrogens with one attached hydrogen (secondary N) is 2. The average Bonchev–Trinajstić information content (AvgIpc) is 3.12. The van der Waals surface area contributed by atoms with E-state index in [0.717, 1.165) is 18.2 Å². The molecule has 0 saturated heterocycles. The van der Waals surface area contributed by atoms with E-state index in [-0.39, 0.29) is 5.76 Å². The molecule has 0 bridgehead atoms. The smallest absolute Gasteiger partial charge is 0.329 e. The highest BCUT2D eigenvalue weighted by Crippen LogP contribution is 2.18. The number of halogens is 2. The Morgan fingerprint density at radius 2 is 1.73 bits per heavy atom. The average molecular weight is 366 g/mol. The van der Waals surface area contributed by atoms with Crippen molar-refractivity contribution in [2.24, 2.45) is 0 Å². The molecule has 1 aromatic heterocycles. The molecule has 0 aliphatic heterocycles. The largest absolute Gasteiger partial charge is 0.459 e. The number of hydrogen-bond donors (Lipinski definition) is 2. The number of furan rings is 1. The van der Waals surface area contributed by atoms with Crippen LogP contribution in [0.5, 0.6) is 0 Å². The van der Waals surface area contributed by atoms with Gasteiger partial charge >= 0.3 is 5.97 Å². The Morgan fingerprint density at radius 1 is 1.08 bits per heavy atom. The molecule has 7 nitrogen and oxygen atoms in total. The Hall–Kier alpha value is -3.23. The Kier molecular flexibility index (Phi) is 6.05. The van der Waals surface area contributed by atoms with Crippen LogP contribution in [0.1, 0.15) is 24.4 Å². The lowest BCUT2D eigenvalue weighted by Crippen LogP contribution is -2.42. The van der Waals surface area contributed by atoms with Crippen molar-refractivity contribution in [3.8, 4) is 0 Å². The molecule has 1 aromatic carbocycles. The van der Waals surface area contributed by atoms with Gasteiger partial charge in [0.15, 0.2) is 11.9 Å². The van der Waals surface area contributed by atoms with Crippen molar-refractivity contribution in [2.75, 3.05) is 5.32 Å². The third kappa shape index (κ3) is 4.65. The molecule has 1 heterocycles. The molecule has 26 heavy (non-hydrogen) atoms. The highest BCUT2D eigenvalue weighted by molar-refractivity contribution is 5.97. The standard InChI is InChI=1S/C17H16F2N2O5/c1-9(20-16(23)13-7-4-8-25-13)17(24)26-10(2)15(22)21-14-11(18)5-3-6-12(14)19/h3-10H,1-2H3,(H,20,23)(H,21,22)/t9-,10+/m0/s1. The van der Waals surface area contributed by atoms with Crippen molar-refractivity contribution in [1.29, 1.82) is 0 Å². The van der Waals surface area contributed by atoms with Gasteiger partial charge in [-0.3, -0.25) is 9.59 Å². The van der Waals surface area contributed by atoms with Gasteiger partial charge in [-0.1, -0.05) is 6.07 Å². The lowest BCUT2D eigenvalue weighted by atomic mass is 10.2. The SMILES string of the molecule is C[C@H](NC(=O)c1ccco1)C(=O)O[C@H](C)C(=O)Nc1c(F)cccc1F. The van der Waals surface area contributed by atoms with E-state index in [1.165, 1.54) is 32.2 Å². The van der Waals surface area contributed by atoms with Gasteiger partial charge in [-0.25, -0.2) is 13.6 Å². The maximum Gasteiger partial charge on any atom is 0.329 e. The summed E-state index contributed by atoms with van der Waals surface area (Å²) in [5, 5.41) is 4.35. The highest BCUT2D eigenvalue weighted by Gasteiger charge is 2.25. The molecule has 0 radical (unpaired) electrons. The summed E-state index contributed by atoms with van der Waals surface area (Å²) in [7, 11) is 0. The summed E-state index contributed by atoms with van der Waals surface area (Å²) in [6, 6.07) is 4.93. The summed E-state index contributed by atoms with van der Waals surface area (Å²) in [6.45, 7) is 2.58. The second-order valence-corrected chi connectivity index (χ2v) is 5.34. The van der Waals surface area contributed by atoms with Crippen molar-refractivity contribution in [3.05, 3.63) is 54.0 Å². The maximum absolute atomic E-state index is 13.5. The van der Waals surface area contributed by atoms with Crippen LogP contribution < -0.4 is 10.6 Å². The zero-order valence-corrected chi connectivity index (χ0v) is 13.9. The Labute approximate surface area is 147 Å². The number of carbonyl (C=O) groups excluding carboxylic acids is 3. The Bertz CT molecular complexity index is 787. The number of anilines is 1. The molecule has 2 atom stereocenters. The molecule has 2 aromatic rings. The first-order valence-electron chi connectivity index (χ1n) is 7.59. The fourth-order valence-corrected chi connectivity index (χ4v) is 1.91. The molecule has 2 N–H and O–H groups in total. The number of esters is 1. The minimum absolute atomic E-state index is 0.00506. The second kappa shape index (κ2) is 8.24. The van der Waals surface area contributed by atoms with E-state index >= 15 is 0 Å². The van der Waals surface area contributed by atoms with Gasteiger partial charge in [0.25, 0.3) is 11.8 Å². The lowest BCUT2D eigenvalue weighted by molar-refractivity contribution is -0.154. The van der Waals surface area contributed by atoms with Crippen LogP contribution in [-0.4, -0.2) is 29.9 Å². The molecule has 0 unspecified atom stereocenters. The van der Waals surface area contributed by atoms with Crippen molar-refractivity contribution in [3.63, 3.8) is 0 Å². The number of para-hydroxylation sites is 1. The summed E-state index contributed by atoms with van der Waals surface area (Å²) in [5.41, 5.74) is -0.639. The van der Waals surface area contributed by atoms with Crippen LogP contribution >= 0.6 is 0 Å². The third-order valence-electron chi connectivity index (χ3n) is 3.32. The van der Waals surface area contributed by atoms with Crippen molar-refractivity contribution >= 4 is 23.5 Å². The van der Waals surface area contributed by atoms with Gasteiger partial charge < -0.3 is 19.8 Å². The minimum Gasteiger partial charge on any atom is -0.459 e. The van der Waals surface area contributed by atoms with Crippen LogP contribution in [0, 0.1) is 11.6 Å². The molecule has 0 aliphatic carbocycles. The van der Waals surface area contributed by atoms with Crippen LogP contribution in [0.4, 0.5) is 14.5 Å². The fourth-order valence-electron chi connectivity index (χ4n) is 1.91. The molecule has 138 valence electrons. The van der Waals surface area contributed by atoms with Crippen molar-refractivity contribution in [1.82, 2.24) is 5.32 Å². The van der Waals surface area contributed by atoms with Crippen LogP contribution in [0.25, 0.3) is 0 Å². The van der Waals surface area contributed by atoms with Crippen LogP contribution in [0.15, 0.2) is 41.0 Å². The first-order chi connectivity index (χ1) is 12.3. The minimum atomic E-state index is -1.34. The predicted molar refractivity (Wildman–Crippen MR) is 86.2 cm³/mol. The van der Waals surface area contributed by atoms with E-state index in [0.29, 0.717) is 0 Å². The molecular weight excluding hydrogens is 350 g/mol. The van der Waals surface area contributed by atoms with Gasteiger partial charge in [-0.05, 0) is 38.1 Å². The van der Waals surface area contributed by atoms with E-state index in [4.69, 9.17) is 9.15 Å². The Morgan fingerprint density at radius 3 is 2.31 bits per heavy atom. The monoisotopic (exact) mass is 366 g/mol. The van der Waals surface area contributed by atoms with Crippen LogP contribution in [0.3, 0.4) is 0 Å². The van der Waals surface area contributed by atoms with E-state index in [1.54, 1.807) is 0 Å². The van der Waals surface area contributed by atoms with Gasteiger partial charge in [0.2, 0.25) is 0 Å². The fraction of sp³-hybridized carbons (Fsp3) is 0.235. The van der Waals surface area contributed by atoms with Crippen molar-refractivity contribution < 1.29 is 32.3 Å². The van der Waals surface area contributed by atoms with Crippen LogP contribution in [-0.2, 0) is 14.3 Å². The summed E-state index contributed by atoms with van der Waals surface area (Å²) >= 11 is 0. The summed E-state index contributed by atoms with van der Waals surface area (Å²) in [4.78, 5) is 35.7. The third-order valence-corrected chi connectivity index (χ3v) is 3.32. The highest BCUT2D eigenvalue weighted by atomic mass is 19.1. The molecule has 0 fully saturated rings. The lowest BCUT2D eigenvalue weighted by Gasteiger charge is -2.17. The molecule has 0 aliphatic rings. The first kappa shape index (κ1) is 19.1. The number of rotatable bonds is 6. The normalized spacial score (nSPS) is 12.8. The Balaban J connectivity index is 1.91. The quantitative estimate of drug-likeness (QED) is 0.764. The number of benzene rings is 1. The predicted octanol–water partition coefficient (Wildman–Crippen LogP) is 2.25. The maximum atomic E-state index is 13.5. The molecule has 2 rings (SSSR count). The van der Waals surface area contributed by atoms with E-state index in [1.807, 2.05) is 5.32 Å². The topological polar surface area (TPSA) is 97.6 Å². The second-order valence-electron chi connectivity index (χ2n) is 5.34. The number of hydrogen-bond acceptors (Lipinski definition) is 5. The zero-order valence-electron chi connectivity index (χ0n) is 13.9. The number of carbonyl (C=O) groups is 3. The van der Waals surface area contributed by atoms with Crippen molar-refractivity contribution in [2.45, 2.75) is 26.0 Å². The first-order valence-corrected chi connectivity index (χ1v) is 7.59. The molecule has 0 spiro atoms. The number of ether oxygens (including phenoxy) is 1. The van der Waals surface area contributed by atoms with E-state index in [9.17, 15) is 23.2 Å². The molecule has 0 saturated carbocycles. The molecule has 9 heteroatoms. The van der Waals surface area contributed by atoms with E-state index < -0.39 is 47.3 Å².